The molecule has 1 aromatic carbocycles. The van der Waals surface area contributed by atoms with Crippen molar-refractivity contribution in [1.82, 2.24) is 14.5 Å². The van der Waals surface area contributed by atoms with E-state index >= 15 is 0 Å². The molecule has 156 valence electrons. The highest BCUT2D eigenvalue weighted by molar-refractivity contribution is 7.89. The number of rotatable bonds is 7. The maximum Gasteiger partial charge on any atom is 0.247 e. The Morgan fingerprint density at radius 2 is 2.14 bits per heavy atom. The molecular weight excluding hydrogens is 406 g/mol. The Kier molecular flexibility index (Phi) is 7.16. The van der Waals surface area contributed by atoms with E-state index in [1.165, 1.54) is 23.5 Å². The number of carbonyl (C=O) groups excluding carboxylic acids is 1. The molecule has 2 heterocycles. The molecule has 28 heavy (non-hydrogen) atoms. The first-order valence-corrected chi connectivity index (χ1v) is 11.2. The molecule has 0 saturated carbocycles. The summed E-state index contributed by atoms with van der Waals surface area (Å²) in [5, 5.41) is 3.46. The van der Waals surface area contributed by atoms with E-state index in [4.69, 9.17) is 21.1 Å². The first-order chi connectivity index (χ1) is 13.4. The number of nitrogens with one attached hydrogen (secondary N) is 1. The second-order valence-corrected chi connectivity index (χ2v) is 9.20. The minimum atomic E-state index is -4.01. The second kappa shape index (κ2) is 9.41. The van der Waals surface area contributed by atoms with E-state index in [0.29, 0.717) is 32.8 Å². The highest BCUT2D eigenvalue weighted by atomic mass is 35.5. The maximum atomic E-state index is 13.4. The van der Waals surface area contributed by atoms with Gasteiger partial charge in [-0.05, 0) is 31.0 Å². The molecule has 0 spiro atoms. The van der Waals surface area contributed by atoms with Crippen LogP contribution in [0.15, 0.2) is 23.1 Å². The van der Waals surface area contributed by atoms with Gasteiger partial charge < -0.3 is 19.7 Å². The normalized spacial score (nSPS) is 20.5. The molecule has 1 atom stereocenters. The molecule has 0 aromatic heterocycles. The summed E-state index contributed by atoms with van der Waals surface area (Å²) in [6.45, 7) is 3.01. The minimum Gasteiger partial charge on any atom is -0.495 e. The molecule has 2 fully saturated rings. The summed E-state index contributed by atoms with van der Waals surface area (Å²) in [6, 6.07) is 4.43. The predicted octanol–water partition coefficient (Wildman–Crippen LogP) is 0.950. The molecule has 0 aliphatic carbocycles. The standard InChI is InChI=1S/C18H26ClN3O5S/c1-26-16-5-4-14(19)11-17(16)28(24,25)22(12-15-3-2-10-27-15)13-18(23)21-8-6-20-7-9-21/h4-5,11,15,20H,2-3,6-10,12-13H2,1H3. The zero-order chi connectivity index (χ0) is 20.1. The molecular formula is C18H26ClN3O5S. The highest BCUT2D eigenvalue weighted by Gasteiger charge is 2.34. The van der Waals surface area contributed by atoms with Crippen molar-refractivity contribution < 1.29 is 22.7 Å². The zero-order valence-electron chi connectivity index (χ0n) is 15.9. The van der Waals surface area contributed by atoms with Crippen LogP contribution < -0.4 is 10.1 Å². The van der Waals surface area contributed by atoms with Crippen LogP contribution in [0, 0.1) is 0 Å². The summed E-state index contributed by atoms with van der Waals surface area (Å²) in [4.78, 5) is 14.4. The molecule has 0 radical (unpaired) electrons. The van der Waals surface area contributed by atoms with E-state index in [2.05, 4.69) is 5.32 Å². The Labute approximate surface area is 170 Å². The number of hydrogen-bond acceptors (Lipinski definition) is 6. The quantitative estimate of drug-likeness (QED) is 0.691. The van der Waals surface area contributed by atoms with Gasteiger partial charge in [0, 0.05) is 44.4 Å². The molecule has 1 amide bonds. The number of ether oxygens (including phenoxy) is 2. The van der Waals surface area contributed by atoms with Gasteiger partial charge >= 0.3 is 0 Å². The smallest absolute Gasteiger partial charge is 0.247 e. The number of amides is 1. The predicted molar refractivity (Wildman–Crippen MR) is 105 cm³/mol. The molecule has 8 nitrogen and oxygen atoms in total. The van der Waals surface area contributed by atoms with Gasteiger partial charge in [0.25, 0.3) is 0 Å². The Morgan fingerprint density at radius 1 is 1.39 bits per heavy atom. The molecule has 3 rings (SSSR count). The fraction of sp³-hybridized carbons (Fsp3) is 0.611. The third-order valence-corrected chi connectivity index (χ3v) is 7.02. The largest absolute Gasteiger partial charge is 0.495 e. The average Bonchev–Trinajstić information content (AvgIpc) is 3.21. The SMILES string of the molecule is COc1ccc(Cl)cc1S(=O)(=O)N(CC(=O)N1CCNCC1)CC1CCCO1. The van der Waals surface area contributed by atoms with Gasteiger partial charge in [0.15, 0.2) is 0 Å². The van der Waals surface area contributed by atoms with Crippen LogP contribution in [-0.4, -0.2) is 82.6 Å². The Bertz CT molecular complexity index is 792. The van der Waals surface area contributed by atoms with E-state index in [-0.39, 0.29) is 40.8 Å². The third kappa shape index (κ3) is 4.96. The van der Waals surface area contributed by atoms with Crippen molar-refractivity contribution in [1.29, 1.82) is 0 Å². The van der Waals surface area contributed by atoms with Crippen molar-refractivity contribution in [3.63, 3.8) is 0 Å². The Balaban J connectivity index is 1.88. The summed E-state index contributed by atoms with van der Waals surface area (Å²) >= 11 is 6.04. The van der Waals surface area contributed by atoms with Crippen molar-refractivity contribution >= 4 is 27.5 Å². The van der Waals surface area contributed by atoms with Gasteiger partial charge in [-0.15, -0.1) is 0 Å². The molecule has 10 heteroatoms. The summed E-state index contributed by atoms with van der Waals surface area (Å²) in [5.74, 6) is -0.0274. The van der Waals surface area contributed by atoms with E-state index in [1.807, 2.05) is 0 Å². The summed E-state index contributed by atoms with van der Waals surface area (Å²) < 4.78 is 38.9. The van der Waals surface area contributed by atoms with Crippen LogP contribution >= 0.6 is 11.6 Å². The number of hydrogen-bond donors (Lipinski definition) is 1. The van der Waals surface area contributed by atoms with Gasteiger partial charge in [-0.2, -0.15) is 4.31 Å². The first kappa shape index (κ1) is 21.3. The molecule has 1 unspecified atom stereocenters. The van der Waals surface area contributed by atoms with Crippen molar-refractivity contribution in [3.8, 4) is 5.75 Å². The van der Waals surface area contributed by atoms with Crippen LogP contribution in [-0.2, 0) is 19.6 Å². The lowest BCUT2D eigenvalue weighted by molar-refractivity contribution is -0.132. The van der Waals surface area contributed by atoms with Crippen molar-refractivity contribution in [2.24, 2.45) is 0 Å². The van der Waals surface area contributed by atoms with E-state index in [1.54, 1.807) is 11.0 Å². The first-order valence-electron chi connectivity index (χ1n) is 9.35. The van der Waals surface area contributed by atoms with Gasteiger partial charge in [0.2, 0.25) is 15.9 Å². The number of methoxy groups -OCH3 is 1. The summed E-state index contributed by atoms with van der Waals surface area (Å²) in [5.41, 5.74) is 0. The lowest BCUT2D eigenvalue weighted by atomic mass is 10.2. The number of sulfonamides is 1. The van der Waals surface area contributed by atoms with E-state index in [0.717, 1.165) is 12.8 Å². The second-order valence-electron chi connectivity index (χ2n) is 6.86. The van der Waals surface area contributed by atoms with Crippen LogP contribution in [0.25, 0.3) is 0 Å². The monoisotopic (exact) mass is 431 g/mol. The zero-order valence-corrected chi connectivity index (χ0v) is 17.5. The van der Waals surface area contributed by atoms with Crippen LogP contribution in [0.3, 0.4) is 0 Å². The number of nitrogens with zero attached hydrogens (tertiary/aromatic N) is 2. The fourth-order valence-corrected chi connectivity index (χ4v) is 5.26. The Morgan fingerprint density at radius 3 is 2.79 bits per heavy atom. The minimum absolute atomic E-state index is 0.0476. The summed E-state index contributed by atoms with van der Waals surface area (Å²) in [7, 11) is -2.61. The fourth-order valence-electron chi connectivity index (χ4n) is 3.42. The number of halogens is 1. The Hall–Kier alpha value is -1.39. The van der Waals surface area contributed by atoms with Crippen LogP contribution in [0.2, 0.25) is 5.02 Å². The van der Waals surface area contributed by atoms with Crippen molar-refractivity contribution in [2.45, 2.75) is 23.8 Å². The molecule has 1 aromatic rings. The topological polar surface area (TPSA) is 88.2 Å². The van der Waals surface area contributed by atoms with Gasteiger partial charge in [-0.3, -0.25) is 4.79 Å². The van der Waals surface area contributed by atoms with Crippen LogP contribution in [0.5, 0.6) is 5.75 Å². The van der Waals surface area contributed by atoms with E-state index in [9.17, 15) is 13.2 Å². The lowest BCUT2D eigenvalue weighted by Gasteiger charge is -2.31. The van der Waals surface area contributed by atoms with Gasteiger partial charge in [0.05, 0.1) is 19.8 Å². The molecule has 0 bridgehead atoms. The van der Waals surface area contributed by atoms with Gasteiger partial charge in [-0.25, -0.2) is 8.42 Å². The van der Waals surface area contributed by atoms with Crippen LogP contribution in [0.1, 0.15) is 12.8 Å². The molecule has 2 aliphatic heterocycles. The van der Waals surface area contributed by atoms with Crippen molar-refractivity contribution in [2.75, 3.05) is 53.0 Å². The van der Waals surface area contributed by atoms with Crippen molar-refractivity contribution in [3.05, 3.63) is 23.2 Å². The van der Waals surface area contributed by atoms with E-state index < -0.39 is 10.0 Å². The number of carbonyl (C=O) groups is 1. The maximum absolute atomic E-state index is 13.4. The average molecular weight is 432 g/mol. The van der Waals surface area contributed by atoms with Gasteiger partial charge in [-0.1, -0.05) is 11.6 Å². The van der Waals surface area contributed by atoms with Crippen LogP contribution in [0.4, 0.5) is 0 Å². The molecule has 2 aliphatic rings. The molecule has 1 N–H and O–H groups in total. The number of piperazine rings is 1. The highest BCUT2D eigenvalue weighted by Crippen LogP contribution is 2.30. The third-order valence-electron chi connectivity index (χ3n) is 4.96. The lowest BCUT2D eigenvalue weighted by Crippen LogP contribution is -2.51. The number of benzene rings is 1. The van der Waals surface area contributed by atoms with Gasteiger partial charge in [0.1, 0.15) is 10.6 Å². The summed E-state index contributed by atoms with van der Waals surface area (Å²) in [6.07, 6.45) is 1.42. The molecule has 2 saturated heterocycles.